The number of amides is 1. The minimum absolute atomic E-state index is 0.00987. The Hall–Kier alpha value is -2.59. The molecule has 0 radical (unpaired) electrons. The van der Waals surface area contributed by atoms with Gasteiger partial charge in [0.15, 0.2) is 0 Å². The lowest BCUT2D eigenvalue weighted by Gasteiger charge is -2.22. The number of nitrogens with one attached hydrogen (secondary N) is 1. The highest BCUT2D eigenvalue weighted by Crippen LogP contribution is 2.29. The van der Waals surface area contributed by atoms with Gasteiger partial charge in [0.05, 0.1) is 12.2 Å². The fourth-order valence-electron chi connectivity index (χ4n) is 3.03. The van der Waals surface area contributed by atoms with E-state index in [0.717, 1.165) is 22.5 Å². The number of hydrogen-bond donors (Lipinski definition) is 1. The fourth-order valence-corrected chi connectivity index (χ4v) is 3.15. The maximum absolute atomic E-state index is 12.8. The van der Waals surface area contributed by atoms with Gasteiger partial charge < -0.3 is 4.90 Å². The summed E-state index contributed by atoms with van der Waals surface area (Å²) < 4.78 is 0. The molecule has 1 amide bonds. The zero-order valence-corrected chi connectivity index (χ0v) is 15.7. The SMILES string of the molecule is Cc1cc(CN(C)C(=O)C[C@@H](c2ccccc2)c2ccc(Cl)cc2)n[nH]1. The lowest BCUT2D eigenvalue weighted by Crippen LogP contribution is -2.28. The number of H-pyrrole nitrogens is 1. The average Bonchev–Trinajstić information content (AvgIpc) is 3.06. The van der Waals surface area contributed by atoms with Crippen molar-refractivity contribution in [1.29, 1.82) is 0 Å². The van der Waals surface area contributed by atoms with Gasteiger partial charge in [0.2, 0.25) is 5.91 Å². The van der Waals surface area contributed by atoms with Gasteiger partial charge in [0.1, 0.15) is 0 Å². The van der Waals surface area contributed by atoms with E-state index in [1.807, 2.05) is 62.5 Å². The molecule has 3 aromatic rings. The third kappa shape index (κ3) is 4.52. The van der Waals surface area contributed by atoms with Gasteiger partial charge in [-0.2, -0.15) is 5.10 Å². The Labute approximate surface area is 158 Å². The topological polar surface area (TPSA) is 49.0 Å². The second-order valence-electron chi connectivity index (χ2n) is 6.51. The Balaban J connectivity index is 1.78. The summed E-state index contributed by atoms with van der Waals surface area (Å²) in [5, 5.41) is 7.81. The van der Waals surface area contributed by atoms with Gasteiger partial charge in [-0.15, -0.1) is 0 Å². The van der Waals surface area contributed by atoms with Crippen molar-refractivity contribution in [3.63, 3.8) is 0 Å². The number of rotatable bonds is 6. The van der Waals surface area contributed by atoms with Crippen LogP contribution in [0.4, 0.5) is 0 Å². The van der Waals surface area contributed by atoms with Gasteiger partial charge in [0, 0.05) is 30.1 Å². The van der Waals surface area contributed by atoms with Crippen LogP contribution in [-0.4, -0.2) is 28.1 Å². The van der Waals surface area contributed by atoms with E-state index in [2.05, 4.69) is 22.3 Å². The highest BCUT2D eigenvalue weighted by Gasteiger charge is 2.21. The Morgan fingerprint density at radius 2 is 1.77 bits per heavy atom. The maximum atomic E-state index is 12.8. The molecule has 134 valence electrons. The summed E-state index contributed by atoms with van der Waals surface area (Å²) in [6.45, 7) is 2.44. The number of carbonyl (C=O) groups excluding carboxylic acids is 1. The molecular weight excluding hydrogens is 346 g/mol. The fraction of sp³-hybridized carbons (Fsp3) is 0.238. The molecule has 4 nitrogen and oxygen atoms in total. The predicted molar refractivity (Wildman–Crippen MR) is 104 cm³/mol. The van der Waals surface area contributed by atoms with Crippen LogP contribution in [0.3, 0.4) is 0 Å². The minimum Gasteiger partial charge on any atom is -0.340 e. The normalized spacial score (nSPS) is 12.0. The van der Waals surface area contributed by atoms with E-state index in [1.165, 1.54) is 0 Å². The first-order valence-electron chi connectivity index (χ1n) is 8.58. The van der Waals surface area contributed by atoms with Crippen LogP contribution >= 0.6 is 11.6 Å². The lowest BCUT2D eigenvalue weighted by atomic mass is 9.88. The molecule has 5 heteroatoms. The summed E-state index contributed by atoms with van der Waals surface area (Å²) in [5.41, 5.74) is 4.05. The van der Waals surface area contributed by atoms with Crippen LogP contribution in [0.15, 0.2) is 60.7 Å². The van der Waals surface area contributed by atoms with Crippen LogP contribution in [0, 0.1) is 6.92 Å². The molecule has 1 aromatic heterocycles. The largest absolute Gasteiger partial charge is 0.340 e. The summed E-state index contributed by atoms with van der Waals surface area (Å²) in [5.74, 6) is 0.0683. The van der Waals surface area contributed by atoms with Gasteiger partial charge >= 0.3 is 0 Å². The molecule has 1 heterocycles. The number of aromatic amines is 1. The molecule has 1 N–H and O–H groups in total. The molecule has 3 rings (SSSR count). The van der Waals surface area contributed by atoms with Crippen molar-refractivity contribution in [2.45, 2.75) is 25.8 Å². The molecule has 0 spiro atoms. The molecule has 2 aromatic carbocycles. The van der Waals surface area contributed by atoms with Gasteiger partial charge in [-0.25, -0.2) is 0 Å². The zero-order valence-electron chi connectivity index (χ0n) is 14.9. The van der Waals surface area contributed by atoms with E-state index in [9.17, 15) is 4.79 Å². The summed E-state index contributed by atoms with van der Waals surface area (Å²) in [6.07, 6.45) is 0.394. The van der Waals surface area contributed by atoms with E-state index >= 15 is 0 Å². The van der Waals surface area contributed by atoms with Crippen molar-refractivity contribution in [3.05, 3.63) is 88.2 Å². The highest BCUT2D eigenvalue weighted by molar-refractivity contribution is 6.30. The Morgan fingerprint density at radius 3 is 2.38 bits per heavy atom. The monoisotopic (exact) mass is 367 g/mol. The Bertz CT molecular complexity index is 858. The molecule has 0 aliphatic heterocycles. The number of benzene rings is 2. The first-order chi connectivity index (χ1) is 12.5. The van der Waals surface area contributed by atoms with Crippen LogP contribution in [0.5, 0.6) is 0 Å². The first kappa shape index (κ1) is 18.2. The zero-order chi connectivity index (χ0) is 18.5. The molecular formula is C21H22ClN3O. The molecule has 0 aliphatic rings. The second-order valence-corrected chi connectivity index (χ2v) is 6.95. The number of nitrogens with zero attached hydrogens (tertiary/aromatic N) is 2. The van der Waals surface area contributed by atoms with Crippen LogP contribution < -0.4 is 0 Å². The van der Waals surface area contributed by atoms with Crippen LogP contribution in [0.25, 0.3) is 0 Å². The molecule has 0 saturated carbocycles. The third-order valence-corrected chi connectivity index (χ3v) is 4.69. The first-order valence-corrected chi connectivity index (χ1v) is 8.96. The van der Waals surface area contributed by atoms with E-state index in [-0.39, 0.29) is 11.8 Å². The summed E-state index contributed by atoms with van der Waals surface area (Å²) in [7, 11) is 1.82. The molecule has 0 aliphatic carbocycles. The van der Waals surface area contributed by atoms with Crippen molar-refractivity contribution in [1.82, 2.24) is 15.1 Å². The summed E-state index contributed by atoms with van der Waals surface area (Å²) in [6, 6.07) is 19.8. The van der Waals surface area contributed by atoms with Crippen molar-refractivity contribution in [2.24, 2.45) is 0 Å². The van der Waals surface area contributed by atoms with Gasteiger partial charge in [-0.05, 0) is 36.2 Å². The number of halogens is 1. The number of carbonyl (C=O) groups is 1. The lowest BCUT2D eigenvalue weighted by molar-refractivity contribution is -0.130. The third-order valence-electron chi connectivity index (χ3n) is 4.44. The van der Waals surface area contributed by atoms with Crippen molar-refractivity contribution < 1.29 is 4.79 Å². The van der Waals surface area contributed by atoms with E-state index < -0.39 is 0 Å². The standard InChI is InChI=1S/C21H22ClN3O/c1-15-12-19(24-23-15)14-25(2)21(26)13-20(16-6-4-3-5-7-16)17-8-10-18(22)11-9-17/h3-12,20H,13-14H2,1-2H3,(H,23,24)/t20-/m0/s1. The molecule has 26 heavy (non-hydrogen) atoms. The van der Waals surface area contributed by atoms with Crippen LogP contribution in [0.2, 0.25) is 5.02 Å². The maximum Gasteiger partial charge on any atom is 0.223 e. The molecule has 0 fully saturated rings. The average molecular weight is 368 g/mol. The Morgan fingerprint density at radius 1 is 1.12 bits per heavy atom. The van der Waals surface area contributed by atoms with E-state index in [4.69, 9.17) is 11.6 Å². The molecule has 0 saturated heterocycles. The van der Waals surface area contributed by atoms with Crippen LogP contribution in [0.1, 0.15) is 34.9 Å². The minimum atomic E-state index is -0.00987. The molecule has 1 atom stereocenters. The quantitative estimate of drug-likeness (QED) is 0.694. The number of aromatic nitrogens is 2. The predicted octanol–water partition coefficient (Wildman–Crippen LogP) is 4.55. The van der Waals surface area contributed by atoms with E-state index in [0.29, 0.717) is 18.0 Å². The summed E-state index contributed by atoms with van der Waals surface area (Å²) >= 11 is 6.03. The number of aryl methyl sites for hydroxylation is 1. The smallest absolute Gasteiger partial charge is 0.223 e. The Kier molecular flexibility index (Phi) is 5.74. The van der Waals surface area contributed by atoms with Crippen LogP contribution in [-0.2, 0) is 11.3 Å². The van der Waals surface area contributed by atoms with Gasteiger partial charge in [0.25, 0.3) is 0 Å². The van der Waals surface area contributed by atoms with Gasteiger partial charge in [-0.1, -0.05) is 54.1 Å². The molecule has 0 unspecified atom stereocenters. The van der Waals surface area contributed by atoms with Crippen molar-refractivity contribution in [3.8, 4) is 0 Å². The van der Waals surface area contributed by atoms with Gasteiger partial charge in [-0.3, -0.25) is 9.89 Å². The van der Waals surface area contributed by atoms with Crippen molar-refractivity contribution >= 4 is 17.5 Å². The molecule has 0 bridgehead atoms. The second kappa shape index (κ2) is 8.19. The van der Waals surface area contributed by atoms with E-state index in [1.54, 1.807) is 4.90 Å². The summed E-state index contributed by atoms with van der Waals surface area (Å²) in [4.78, 5) is 14.6. The number of hydrogen-bond acceptors (Lipinski definition) is 2. The van der Waals surface area contributed by atoms with Crippen molar-refractivity contribution in [2.75, 3.05) is 7.05 Å². The highest BCUT2D eigenvalue weighted by atomic mass is 35.5.